The van der Waals surface area contributed by atoms with E-state index in [1.165, 1.54) is 38.5 Å². The highest BCUT2D eigenvalue weighted by Gasteiger charge is 2.52. The Bertz CT molecular complexity index is 886. The van der Waals surface area contributed by atoms with Crippen LogP contribution in [0, 0.1) is 17.8 Å². The summed E-state index contributed by atoms with van der Waals surface area (Å²) in [4.78, 5) is 5.03. The second kappa shape index (κ2) is 6.52. The van der Waals surface area contributed by atoms with Crippen molar-refractivity contribution in [2.75, 3.05) is 0 Å². The van der Waals surface area contributed by atoms with Crippen molar-refractivity contribution in [2.24, 2.45) is 17.8 Å². The van der Waals surface area contributed by atoms with Gasteiger partial charge in [0.1, 0.15) is 5.69 Å². The molecule has 0 radical (unpaired) electrons. The Morgan fingerprint density at radius 1 is 0.750 bits per heavy atom. The third-order valence-corrected chi connectivity index (χ3v) is 8.26. The molecule has 0 amide bonds. The second-order valence-electron chi connectivity index (χ2n) is 9.09. The zero-order valence-electron chi connectivity index (χ0n) is 16.0. The Morgan fingerprint density at radius 2 is 1.29 bits per heavy atom. The maximum Gasteiger partial charge on any atom is 0.257 e. The van der Waals surface area contributed by atoms with Crippen LogP contribution in [-0.4, -0.2) is 9.73 Å². The molecule has 4 bridgehead atoms. The molecule has 4 fully saturated rings. The van der Waals surface area contributed by atoms with E-state index >= 15 is 0 Å². The highest BCUT2D eigenvalue weighted by atomic mass is 32.2. The van der Waals surface area contributed by atoms with Crippen molar-refractivity contribution in [1.82, 2.24) is 4.98 Å². The van der Waals surface area contributed by atoms with Crippen LogP contribution in [0.15, 0.2) is 70.3 Å². The first-order valence-electron chi connectivity index (χ1n) is 10.6. The maximum absolute atomic E-state index is 6.45. The average Bonchev–Trinajstić information content (AvgIpc) is 3.11. The van der Waals surface area contributed by atoms with Gasteiger partial charge in [-0.1, -0.05) is 72.4 Å². The molecule has 0 unspecified atom stereocenters. The summed E-state index contributed by atoms with van der Waals surface area (Å²) >= 11 is 1.95. The van der Waals surface area contributed by atoms with E-state index in [-0.39, 0.29) is 0 Å². The summed E-state index contributed by atoms with van der Waals surface area (Å²) in [5.74, 6) is 3.72. The van der Waals surface area contributed by atoms with Gasteiger partial charge in [0, 0.05) is 15.9 Å². The molecule has 2 aromatic carbocycles. The van der Waals surface area contributed by atoms with Crippen LogP contribution in [-0.2, 0) is 0 Å². The van der Waals surface area contributed by atoms with E-state index in [1.807, 2.05) is 17.8 Å². The highest BCUT2D eigenvalue weighted by molar-refractivity contribution is 8.00. The largest absolute Gasteiger partial charge is 0.431 e. The lowest BCUT2D eigenvalue weighted by Crippen LogP contribution is -2.48. The van der Waals surface area contributed by atoms with Gasteiger partial charge in [0.05, 0.1) is 0 Å². The molecule has 7 rings (SSSR count). The van der Waals surface area contributed by atoms with Gasteiger partial charge in [0.15, 0.2) is 5.76 Å². The van der Waals surface area contributed by atoms with Gasteiger partial charge in [-0.15, -0.1) is 0 Å². The van der Waals surface area contributed by atoms with Crippen molar-refractivity contribution in [1.29, 1.82) is 0 Å². The van der Waals surface area contributed by atoms with Gasteiger partial charge >= 0.3 is 0 Å². The molecule has 0 aliphatic heterocycles. The standard InChI is InChI=1S/C25H25NOS/c1-3-7-20(8-4-1)22-23(21-9-5-2-6-10-21)27-24(26-22)28-25-14-17-11-18(15-25)13-19(12-17)16-25/h1-10,17-19H,11-16H2. The minimum atomic E-state index is 0.363. The molecular formula is C25H25NOS. The van der Waals surface area contributed by atoms with E-state index in [2.05, 4.69) is 54.6 Å². The van der Waals surface area contributed by atoms with Crippen molar-refractivity contribution < 1.29 is 4.42 Å². The lowest BCUT2D eigenvalue weighted by Gasteiger charge is -2.55. The van der Waals surface area contributed by atoms with Crippen LogP contribution < -0.4 is 0 Å². The molecule has 3 aromatic rings. The van der Waals surface area contributed by atoms with E-state index < -0.39 is 0 Å². The molecule has 2 nitrogen and oxygen atoms in total. The van der Waals surface area contributed by atoms with E-state index in [9.17, 15) is 0 Å². The van der Waals surface area contributed by atoms with E-state index in [0.29, 0.717) is 4.75 Å². The van der Waals surface area contributed by atoms with E-state index in [1.54, 1.807) is 0 Å². The van der Waals surface area contributed by atoms with Crippen molar-refractivity contribution in [3.63, 3.8) is 0 Å². The average molecular weight is 388 g/mol. The lowest BCUT2D eigenvalue weighted by atomic mass is 9.56. The van der Waals surface area contributed by atoms with Gasteiger partial charge in [-0.3, -0.25) is 0 Å². The minimum absolute atomic E-state index is 0.363. The van der Waals surface area contributed by atoms with E-state index in [0.717, 1.165) is 45.6 Å². The summed E-state index contributed by atoms with van der Waals surface area (Å²) in [6.07, 6.45) is 8.47. The third kappa shape index (κ3) is 2.91. The van der Waals surface area contributed by atoms with Crippen LogP contribution in [0.2, 0.25) is 0 Å². The lowest BCUT2D eigenvalue weighted by molar-refractivity contribution is 0.0379. The van der Waals surface area contributed by atoms with Crippen molar-refractivity contribution in [2.45, 2.75) is 48.5 Å². The van der Waals surface area contributed by atoms with Crippen LogP contribution in [0.1, 0.15) is 38.5 Å². The Morgan fingerprint density at radius 3 is 1.86 bits per heavy atom. The number of nitrogens with zero attached hydrogens (tertiary/aromatic N) is 1. The Kier molecular flexibility index (Phi) is 3.94. The molecule has 142 valence electrons. The number of benzene rings is 2. The fraction of sp³-hybridized carbons (Fsp3) is 0.400. The van der Waals surface area contributed by atoms with Crippen molar-refractivity contribution in [3.05, 3.63) is 60.7 Å². The van der Waals surface area contributed by atoms with Gasteiger partial charge < -0.3 is 4.42 Å². The second-order valence-corrected chi connectivity index (χ2v) is 10.5. The number of rotatable bonds is 4. The molecule has 28 heavy (non-hydrogen) atoms. The summed E-state index contributed by atoms with van der Waals surface area (Å²) in [7, 11) is 0. The van der Waals surface area contributed by atoms with Crippen LogP contribution in [0.3, 0.4) is 0 Å². The molecule has 0 spiro atoms. The molecule has 4 aliphatic rings. The van der Waals surface area contributed by atoms with Gasteiger partial charge in [-0.25, -0.2) is 4.98 Å². The number of thioether (sulfide) groups is 1. The van der Waals surface area contributed by atoms with Crippen LogP contribution in [0.4, 0.5) is 0 Å². The summed E-state index contributed by atoms with van der Waals surface area (Å²) in [5.41, 5.74) is 3.20. The first kappa shape index (κ1) is 16.9. The Balaban J connectivity index is 1.39. The summed E-state index contributed by atoms with van der Waals surface area (Å²) < 4.78 is 6.81. The van der Waals surface area contributed by atoms with E-state index in [4.69, 9.17) is 9.40 Å². The zero-order valence-corrected chi connectivity index (χ0v) is 16.8. The fourth-order valence-electron chi connectivity index (χ4n) is 6.26. The number of hydrogen-bond donors (Lipinski definition) is 0. The topological polar surface area (TPSA) is 26.0 Å². The SMILES string of the molecule is c1ccc(-c2nc(SC34CC5CC(CC(C5)C3)C4)oc2-c2ccccc2)cc1. The van der Waals surface area contributed by atoms with Gasteiger partial charge in [-0.2, -0.15) is 0 Å². The summed E-state index contributed by atoms with van der Waals surface area (Å²) in [6, 6.07) is 20.9. The monoisotopic (exact) mass is 387 g/mol. The first-order valence-corrected chi connectivity index (χ1v) is 11.4. The molecule has 3 heteroatoms. The Hall–Kier alpha value is -2.00. The van der Waals surface area contributed by atoms with Crippen molar-refractivity contribution in [3.8, 4) is 22.6 Å². The maximum atomic E-state index is 6.45. The summed E-state index contributed by atoms with van der Waals surface area (Å²) in [5, 5.41) is 0.861. The minimum Gasteiger partial charge on any atom is -0.431 e. The van der Waals surface area contributed by atoms with Gasteiger partial charge in [0.25, 0.3) is 5.22 Å². The summed E-state index contributed by atoms with van der Waals surface area (Å²) in [6.45, 7) is 0. The zero-order chi connectivity index (χ0) is 18.6. The molecule has 0 saturated heterocycles. The predicted molar refractivity (Wildman–Crippen MR) is 114 cm³/mol. The van der Waals surface area contributed by atoms with Gasteiger partial charge in [0.2, 0.25) is 0 Å². The molecule has 0 atom stereocenters. The number of oxazole rings is 1. The molecule has 1 aromatic heterocycles. The third-order valence-electron chi connectivity index (χ3n) is 6.98. The molecule has 4 aliphatic carbocycles. The smallest absolute Gasteiger partial charge is 0.257 e. The normalized spacial score (nSPS) is 30.6. The quantitative estimate of drug-likeness (QED) is 0.479. The molecule has 4 saturated carbocycles. The predicted octanol–water partition coefficient (Wildman–Crippen LogP) is 7.07. The number of aromatic nitrogens is 1. The van der Waals surface area contributed by atoms with Crippen molar-refractivity contribution >= 4 is 11.8 Å². The first-order chi connectivity index (χ1) is 13.8. The Labute approximate surface area is 170 Å². The molecule has 1 heterocycles. The fourth-order valence-corrected chi connectivity index (χ4v) is 7.85. The molecule has 0 N–H and O–H groups in total. The highest BCUT2D eigenvalue weighted by Crippen LogP contribution is 2.62. The van der Waals surface area contributed by atoms with Gasteiger partial charge in [-0.05, 0) is 56.3 Å². The van der Waals surface area contributed by atoms with Crippen LogP contribution in [0.5, 0.6) is 0 Å². The van der Waals surface area contributed by atoms with Crippen LogP contribution in [0.25, 0.3) is 22.6 Å². The number of hydrogen-bond acceptors (Lipinski definition) is 3. The van der Waals surface area contributed by atoms with Crippen LogP contribution >= 0.6 is 11.8 Å². The molecular weight excluding hydrogens is 362 g/mol.